The van der Waals surface area contributed by atoms with Gasteiger partial charge in [0.1, 0.15) is 0 Å². The van der Waals surface area contributed by atoms with Gasteiger partial charge in [-0.2, -0.15) is 11.8 Å². The van der Waals surface area contributed by atoms with Crippen LogP contribution < -0.4 is 5.32 Å². The van der Waals surface area contributed by atoms with Gasteiger partial charge in [0.05, 0.1) is 0 Å². The first-order valence-corrected chi connectivity index (χ1v) is 7.11. The van der Waals surface area contributed by atoms with E-state index in [1.54, 1.807) is 0 Å². The Hall–Kier alpha value is -0.470. The van der Waals surface area contributed by atoms with Crippen LogP contribution in [0.15, 0.2) is 30.3 Å². The molecule has 2 rings (SSSR count). The number of nitrogens with one attached hydrogen (secondary N) is 1. The second-order valence-electron chi connectivity index (χ2n) is 5.17. The second kappa shape index (κ2) is 4.80. The third-order valence-electron chi connectivity index (χ3n) is 3.14. The maximum Gasteiger partial charge on any atom is 0.0444 e. The van der Waals surface area contributed by atoms with E-state index < -0.39 is 0 Å². The van der Waals surface area contributed by atoms with Gasteiger partial charge in [0.15, 0.2) is 0 Å². The molecular weight excluding hydrogens is 214 g/mol. The van der Waals surface area contributed by atoms with E-state index in [-0.39, 0.29) is 5.54 Å². The lowest BCUT2D eigenvalue weighted by molar-refractivity contribution is 0.344. The molecule has 1 aliphatic heterocycles. The normalized spacial score (nSPS) is 28.9. The second-order valence-corrected chi connectivity index (χ2v) is 6.40. The standard InChI is InChI=1S/C14H21NS/c1-4-12-13(11-8-6-5-7-9-11)15-14(2,3)10-16-12/h5-9,12-13,15H,4,10H2,1-3H3. The van der Waals surface area contributed by atoms with Crippen LogP contribution in [-0.2, 0) is 0 Å². The maximum atomic E-state index is 3.79. The first-order chi connectivity index (χ1) is 7.62. The molecule has 1 heterocycles. The van der Waals surface area contributed by atoms with Gasteiger partial charge >= 0.3 is 0 Å². The molecule has 2 heteroatoms. The molecule has 1 saturated heterocycles. The predicted octanol–water partition coefficient (Wildman–Crippen LogP) is 3.62. The van der Waals surface area contributed by atoms with E-state index >= 15 is 0 Å². The van der Waals surface area contributed by atoms with Crippen molar-refractivity contribution < 1.29 is 0 Å². The summed E-state index contributed by atoms with van der Waals surface area (Å²) in [7, 11) is 0. The van der Waals surface area contributed by atoms with E-state index in [9.17, 15) is 0 Å². The van der Waals surface area contributed by atoms with Crippen molar-refractivity contribution in [3.8, 4) is 0 Å². The molecule has 0 saturated carbocycles. The van der Waals surface area contributed by atoms with Gasteiger partial charge in [-0.05, 0) is 25.8 Å². The molecule has 1 nitrogen and oxygen atoms in total. The number of benzene rings is 1. The summed E-state index contributed by atoms with van der Waals surface area (Å²) in [5, 5.41) is 4.49. The summed E-state index contributed by atoms with van der Waals surface area (Å²) in [6.45, 7) is 6.87. The minimum absolute atomic E-state index is 0.247. The molecule has 2 unspecified atom stereocenters. The average Bonchev–Trinajstić information content (AvgIpc) is 2.29. The number of rotatable bonds is 2. The van der Waals surface area contributed by atoms with Crippen molar-refractivity contribution in [1.82, 2.24) is 5.32 Å². The highest BCUT2D eigenvalue weighted by molar-refractivity contribution is 8.00. The lowest BCUT2D eigenvalue weighted by atomic mass is 9.97. The fourth-order valence-electron chi connectivity index (χ4n) is 2.28. The summed E-state index contributed by atoms with van der Waals surface area (Å²) in [4.78, 5) is 0. The van der Waals surface area contributed by atoms with Crippen LogP contribution in [0, 0.1) is 0 Å². The molecule has 1 aromatic carbocycles. The minimum atomic E-state index is 0.247. The van der Waals surface area contributed by atoms with Gasteiger partial charge in [0, 0.05) is 22.6 Å². The van der Waals surface area contributed by atoms with Gasteiger partial charge in [0.2, 0.25) is 0 Å². The first kappa shape index (κ1) is 12.0. The van der Waals surface area contributed by atoms with Crippen molar-refractivity contribution in [2.75, 3.05) is 5.75 Å². The highest BCUT2D eigenvalue weighted by Gasteiger charge is 2.34. The van der Waals surface area contributed by atoms with E-state index in [0.29, 0.717) is 11.3 Å². The highest BCUT2D eigenvalue weighted by atomic mass is 32.2. The van der Waals surface area contributed by atoms with Crippen LogP contribution in [0.5, 0.6) is 0 Å². The topological polar surface area (TPSA) is 12.0 Å². The van der Waals surface area contributed by atoms with E-state index in [1.165, 1.54) is 17.7 Å². The molecule has 0 amide bonds. The average molecular weight is 235 g/mol. The lowest BCUT2D eigenvalue weighted by Gasteiger charge is -2.42. The Balaban J connectivity index is 2.22. The third-order valence-corrected chi connectivity index (χ3v) is 5.06. The Morgan fingerprint density at radius 3 is 2.62 bits per heavy atom. The molecule has 0 spiro atoms. The zero-order valence-electron chi connectivity index (χ0n) is 10.4. The van der Waals surface area contributed by atoms with Crippen molar-refractivity contribution in [3.63, 3.8) is 0 Å². The Morgan fingerprint density at radius 1 is 1.31 bits per heavy atom. The largest absolute Gasteiger partial charge is 0.303 e. The highest BCUT2D eigenvalue weighted by Crippen LogP contribution is 2.37. The summed E-state index contributed by atoms with van der Waals surface area (Å²) in [6, 6.07) is 11.3. The number of hydrogen-bond donors (Lipinski definition) is 1. The van der Waals surface area contributed by atoms with Crippen molar-refractivity contribution in [2.45, 2.75) is 44.0 Å². The maximum absolute atomic E-state index is 3.79. The number of thioether (sulfide) groups is 1. The van der Waals surface area contributed by atoms with E-state index in [1.807, 2.05) is 0 Å². The summed E-state index contributed by atoms with van der Waals surface area (Å²) >= 11 is 2.11. The summed E-state index contributed by atoms with van der Waals surface area (Å²) in [5.41, 5.74) is 1.67. The van der Waals surface area contributed by atoms with Crippen LogP contribution in [0.3, 0.4) is 0 Å². The van der Waals surface area contributed by atoms with Gasteiger partial charge in [-0.1, -0.05) is 37.3 Å². The van der Waals surface area contributed by atoms with Crippen LogP contribution >= 0.6 is 11.8 Å². The fraction of sp³-hybridized carbons (Fsp3) is 0.571. The van der Waals surface area contributed by atoms with Gasteiger partial charge in [0.25, 0.3) is 0 Å². The van der Waals surface area contributed by atoms with Gasteiger partial charge < -0.3 is 5.32 Å². The molecule has 16 heavy (non-hydrogen) atoms. The predicted molar refractivity (Wildman–Crippen MR) is 72.9 cm³/mol. The third kappa shape index (κ3) is 2.61. The van der Waals surface area contributed by atoms with E-state index in [0.717, 1.165) is 0 Å². The molecule has 1 N–H and O–H groups in total. The molecule has 2 atom stereocenters. The molecule has 0 bridgehead atoms. The van der Waals surface area contributed by atoms with E-state index in [4.69, 9.17) is 0 Å². The first-order valence-electron chi connectivity index (χ1n) is 6.06. The van der Waals surface area contributed by atoms with Crippen LogP contribution in [0.25, 0.3) is 0 Å². The monoisotopic (exact) mass is 235 g/mol. The van der Waals surface area contributed by atoms with Crippen molar-refractivity contribution >= 4 is 11.8 Å². The summed E-state index contributed by atoms with van der Waals surface area (Å²) in [6.07, 6.45) is 1.23. The summed E-state index contributed by atoms with van der Waals surface area (Å²) < 4.78 is 0. The summed E-state index contributed by atoms with van der Waals surface area (Å²) in [5.74, 6) is 1.20. The van der Waals surface area contributed by atoms with Crippen molar-refractivity contribution in [2.24, 2.45) is 0 Å². The minimum Gasteiger partial charge on any atom is -0.303 e. The molecule has 0 radical (unpaired) electrons. The van der Waals surface area contributed by atoms with Crippen molar-refractivity contribution in [3.05, 3.63) is 35.9 Å². The smallest absolute Gasteiger partial charge is 0.0444 e. The Labute approximate surface area is 103 Å². The molecule has 1 fully saturated rings. The quantitative estimate of drug-likeness (QED) is 0.840. The van der Waals surface area contributed by atoms with Crippen LogP contribution in [0.1, 0.15) is 38.8 Å². The van der Waals surface area contributed by atoms with Crippen molar-refractivity contribution in [1.29, 1.82) is 0 Å². The van der Waals surface area contributed by atoms with Gasteiger partial charge in [-0.3, -0.25) is 0 Å². The number of hydrogen-bond acceptors (Lipinski definition) is 2. The van der Waals surface area contributed by atoms with E-state index in [2.05, 4.69) is 68.2 Å². The molecular formula is C14H21NS. The Kier molecular flexibility index (Phi) is 3.60. The lowest BCUT2D eigenvalue weighted by Crippen LogP contribution is -2.51. The zero-order chi connectivity index (χ0) is 11.6. The van der Waals surface area contributed by atoms with Crippen LogP contribution in [0.4, 0.5) is 0 Å². The fourth-order valence-corrected chi connectivity index (χ4v) is 3.65. The van der Waals surface area contributed by atoms with Gasteiger partial charge in [-0.25, -0.2) is 0 Å². The SMILES string of the molecule is CCC1SCC(C)(C)NC1c1ccccc1. The van der Waals surface area contributed by atoms with Crippen LogP contribution in [-0.4, -0.2) is 16.5 Å². The molecule has 0 aromatic heterocycles. The molecule has 88 valence electrons. The zero-order valence-corrected chi connectivity index (χ0v) is 11.2. The molecule has 1 aromatic rings. The molecule has 0 aliphatic carbocycles. The molecule has 1 aliphatic rings. The van der Waals surface area contributed by atoms with Crippen LogP contribution in [0.2, 0.25) is 0 Å². The van der Waals surface area contributed by atoms with Gasteiger partial charge in [-0.15, -0.1) is 0 Å². The Morgan fingerprint density at radius 2 is 2.00 bits per heavy atom. The Bertz CT molecular complexity index is 334.